The van der Waals surface area contributed by atoms with Gasteiger partial charge in [-0.2, -0.15) is 5.26 Å². The molecule has 0 saturated carbocycles. The molecular weight excluding hydrogens is 316 g/mol. The summed E-state index contributed by atoms with van der Waals surface area (Å²) in [4.78, 5) is 16.8. The third-order valence-corrected chi connectivity index (χ3v) is 4.72. The van der Waals surface area contributed by atoms with E-state index >= 15 is 0 Å². The molecule has 6 nitrogen and oxygen atoms in total. The zero-order chi connectivity index (χ0) is 17.8. The van der Waals surface area contributed by atoms with Crippen molar-refractivity contribution in [3.8, 4) is 6.07 Å². The Morgan fingerprint density at radius 1 is 1.20 bits per heavy atom. The lowest BCUT2D eigenvalue weighted by Crippen LogP contribution is -2.48. The van der Waals surface area contributed by atoms with Crippen LogP contribution in [0.4, 0.5) is 0 Å². The van der Waals surface area contributed by atoms with Crippen LogP contribution in [-0.4, -0.2) is 47.0 Å². The van der Waals surface area contributed by atoms with Gasteiger partial charge >= 0.3 is 0 Å². The van der Waals surface area contributed by atoms with Gasteiger partial charge in [0.25, 0.3) is 0 Å². The first-order valence-electron chi connectivity index (χ1n) is 8.47. The number of nitriles is 1. The van der Waals surface area contributed by atoms with Crippen molar-refractivity contribution in [2.45, 2.75) is 26.8 Å². The van der Waals surface area contributed by atoms with Gasteiger partial charge in [-0.3, -0.25) is 9.69 Å². The van der Waals surface area contributed by atoms with Crippen molar-refractivity contribution in [1.29, 1.82) is 5.26 Å². The maximum Gasteiger partial charge on any atom is 0.227 e. The maximum atomic E-state index is 12.5. The van der Waals surface area contributed by atoms with Crippen LogP contribution in [0.25, 0.3) is 0 Å². The summed E-state index contributed by atoms with van der Waals surface area (Å²) in [6, 6.07) is 9.81. The van der Waals surface area contributed by atoms with Crippen molar-refractivity contribution in [2.24, 2.45) is 0 Å². The van der Waals surface area contributed by atoms with Gasteiger partial charge in [-0.15, -0.1) is 0 Å². The molecule has 0 unspecified atom stereocenters. The van der Waals surface area contributed by atoms with Crippen LogP contribution >= 0.6 is 0 Å². The number of hydrogen-bond donors (Lipinski definition) is 0. The molecule has 25 heavy (non-hydrogen) atoms. The molecule has 1 aliphatic heterocycles. The van der Waals surface area contributed by atoms with Gasteiger partial charge in [-0.1, -0.05) is 17.3 Å². The predicted molar refractivity (Wildman–Crippen MR) is 92.7 cm³/mol. The molecule has 1 amide bonds. The molecule has 6 heteroatoms. The number of aromatic nitrogens is 1. The minimum absolute atomic E-state index is 0.132. The van der Waals surface area contributed by atoms with Crippen molar-refractivity contribution < 1.29 is 9.32 Å². The Morgan fingerprint density at radius 2 is 1.88 bits per heavy atom. The van der Waals surface area contributed by atoms with Crippen molar-refractivity contribution in [2.75, 3.05) is 26.2 Å². The van der Waals surface area contributed by atoms with Gasteiger partial charge in [0.1, 0.15) is 5.76 Å². The molecule has 1 saturated heterocycles. The van der Waals surface area contributed by atoms with Gasteiger partial charge in [0.15, 0.2) is 0 Å². The van der Waals surface area contributed by atoms with Crippen LogP contribution in [0.15, 0.2) is 28.8 Å². The molecule has 130 valence electrons. The number of piperazine rings is 1. The van der Waals surface area contributed by atoms with E-state index < -0.39 is 0 Å². The summed E-state index contributed by atoms with van der Waals surface area (Å²) >= 11 is 0. The van der Waals surface area contributed by atoms with E-state index in [0.29, 0.717) is 12.0 Å². The van der Waals surface area contributed by atoms with E-state index in [9.17, 15) is 4.79 Å². The van der Waals surface area contributed by atoms with Crippen molar-refractivity contribution >= 4 is 5.91 Å². The first kappa shape index (κ1) is 17.2. The minimum atomic E-state index is 0.132. The summed E-state index contributed by atoms with van der Waals surface area (Å²) in [5, 5.41) is 12.8. The summed E-state index contributed by atoms with van der Waals surface area (Å²) in [6.45, 7) is 7.74. The molecule has 0 N–H and O–H groups in total. The molecule has 0 atom stereocenters. The zero-order valence-electron chi connectivity index (χ0n) is 14.7. The highest BCUT2D eigenvalue weighted by Gasteiger charge is 2.23. The highest BCUT2D eigenvalue weighted by molar-refractivity contribution is 5.79. The number of aryl methyl sites for hydroxylation is 2. The molecule has 1 aromatic heterocycles. The molecule has 0 spiro atoms. The largest absolute Gasteiger partial charge is 0.361 e. The van der Waals surface area contributed by atoms with Crippen LogP contribution < -0.4 is 0 Å². The second-order valence-corrected chi connectivity index (χ2v) is 6.45. The fourth-order valence-electron chi connectivity index (χ4n) is 3.12. The molecule has 0 aliphatic carbocycles. The molecule has 1 aliphatic rings. The fraction of sp³-hybridized carbons (Fsp3) is 0.421. The van der Waals surface area contributed by atoms with Gasteiger partial charge < -0.3 is 9.42 Å². The predicted octanol–water partition coefficient (Wildman–Crippen LogP) is 2.05. The second-order valence-electron chi connectivity index (χ2n) is 6.45. The van der Waals surface area contributed by atoms with E-state index in [0.717, 1.165) is 49.7 Å². The average molecular weight is 338 g/mol. The Labute approximate surface area is 147 Å². The zero-order valence-corrected chi connectivity index (χ0v) is 14.7. The SMILES string of the molecule is Cc1noc(C)c1CC(=O)N1CCN(Cc2ccc(C#N)cc2)CC1. The Bertz CT molecular complexity index is 761. The number of carbonyl (C=O) groups excluding carboxylic acids is 1. The second kappa shape index (κ2) is 7.49. The Kier molecular flexibility index (Phi) is 5.15. The maximum absolute atomic E-state index is 12.5. The summed E-state index contributed by atoms with van der Waals surface area (Å²) in [7, 11) is 0. The fourth-order valence-corrected chi connectivity index (χ4v) is 3.12. The van der Waals surface area contributed by atoms with E-state index in [1.165, 1.54) is 5.56 Å². The van der Waals surface area contributed by atoms with Crippen LogP contribution in [0.5, 0.6) is 0 Å². The van der Waals surface area contributed by atoms with Gasteiger partial charge in [0.2, 0.25) is 5.91 Å². The van der Waals surface area contributed by atoms with Gasteiger partial charge in [-0.05, 0) is 31.5 Å². The number of hydrogen-bond acceptors (Lipinski definition) is 5. The average Bonchev–Trinajstić information content (AvgIpc) is 2.95. The van der Waals surface area contributed by atoms with Crippen LogP contribution in [0.3, 0.4) is 0 Å². The lowest BCUT2D eigenvalue weighted by molar-refractivity contribution is -0.132. The third kappa shape index (κ3) is 4.06. The lowest BCUT2D eigenvalue weighted by atomic mass is 10.1. The first-order valence-corrected chi connectivity index (χ1v) is 8.47. The standard InChI is InChI=1S/C19H22N4O2/c1-14-18(15(2)25-21-14)11-19(24)23-9-7-22(8-10-23)13-17-5-3-16(12-20)4-6-17/h3-6H,7-11,13H2,1-2H3. The molecule has 2 aromatic rings. The van der Waals surface area contributed by atoms with E-state index in [2.05, 4.69) is 16.1 Å². The summed E-state index contributed by atoms with van der Waals surface area (Å²) < 4.78 is 5.13. The lowest BCUT2D eigenvalue weighted by Gasteiger charge is -2.34. The number of amides is 1. The Morgan fingerprint density at radius 3 is 2.44 bits per heavy atom. The van der Waals surface area contributed by atoms with Crippen LogP contribution in [0, 0.1) is 25.2 Å². The summed E-state index contributed by atoms with van der Waals surface area (Å²) in [6.07, 6.45) is 0.358. The van der Waals surface area contributed by atoms with Crippen LogP contribution in [0.1, 0.15) is 28.1 Å². The van der Waals surface area contributed by atoms with Crippen LogP contribution in [-0.2, 0) is 17.8 Å². The highest BCUT2D eigenvalue weighted by Crippen LogP contribution is 2.15. The van der Waals surface area contributed by atoms with E-state index in [1.807, 2.05) is 43.0 Å². The molecular formula is C19H22N4O2. The Balaban J connectivity index is 1.51. The minimum Gasteiger partial charge on any atom is -0.361 e. The van der Waals surface area contributed by atoms with Gasteiger partial charge in [0.05, 0.1) is 23.7 Å². The van der Waals surface area contributed by atoms with E-state index in [-0.39, 0.29) is 5.91 Å². The number of nitrogens with zero attached hydrogens (tertiary/aromatic N) is 4. The molecule has 2 heterocycles. The molecule has 3 rings (SSSR count). The summed E-state index contributed by atoms with van der Waals surface area (Å²) in [5.41, 5.74) is 3.57. The monoisotopic (exact) mass is 338 g/mol. The normalized spacial score (nSPS) is 15.2. The van der Waals surface area contributed by atoms with Crippen molar-refractivity contribution in [3.63, 3.8) is 0 Å². The smallest absolute Gasteiger partial charge is 0.227 e. The van der Waals surface area contributed by atoms with Crippen LogP contribution in [0.2, 0.25) is 0 Å². The third-order valence-electron chi connectivity index (χ3n) is 4.72. The molecule has 1 aromatic carbocycles. The number of carbonyl (C=O) groups is 1. The first-order chi connectivity index (χ1) is 12.1. The topological polar surface area (TPSA) is 73.4 Å². The molecule has 1 fully saturated rings. The molecule has 0 bridgehead atoms. The van der Waals surface area contributed by atoms with E-state index in [4.69, 9.17) is 9.78 Å². The highest BCUT2D eigenvalue weighted by atomic mass is 16.5. The number of benzene rings is 1. The van der Waals surface area contributed by atoms with Gasteiger partial charge in [0, 0.05) is 38.3 Å². The van der Waals surface area contributed by atoms with Crippen molar-refractivity contribution in [3.05, 3.63) is 52.4 Å². The quantitative estimate of drug-likeness (QED) is 0.853. The van der Waals surface area contributed by atoms with E-state index in [1.54, 1.807) is 0 Å². The number of rotatable bonds is 4. The van der Waals surface area contributed by atoms with Crippen molar-refractivity contribution in [1.82, 2.24) is 15.0 Å². The molecule has 0 radical (unpaired) electrons. The van der Waals surface area contributed by atoms with Gasteiger partial charge in [-0.25, -0.2) is 0 Å². The Hall–Kier alpha value is -2.65. The summed E-state index contributed by atoms with van der Waals surface area (Å²) in [5.74, 6) is 0.859.